The summed E-state index contributed by atoms with van der Waals surface area (Å²) in [5.74, 6) is -6.87. The molecule has 0 heterocycles. The molecule has 0 amide bonds. The topological polar surface area (TPSA) is 322 Å². The number of hydrogen-bond donors (Lipinski definition) is 10. The molecular weight excluding hydrogens is 596 g/mol. The average molecular weight is 639 g/mol. The molecule has 0 aromatic carbocycles. The van der Waals surface area contributed by atoms with Crippen LogP contribution >= 0.6 is 0 Å². The van der Waals surface area contributed by atoms with Crippen LogP contribution in [0, 0.1) is 5.41 Å². The lowest BCUT2D eigenvalue weighted by Crippen LogP contribution is -2.32. The van der Waals surface area contributed by atoms with Gasteiger partial charge in [-0.2, -0.15) is 0 Å². The minimum atomic E-state index is -0.981. The first-order valence-corrected chi connectivity index (χ1v) is 10.9. The predicted octanol–water partition coefficient (Wildman–Crippen LogP) is 1.16. The predicted molar refractivity (Wildman–Crippen MR) is 159 cm³/mol. The van der Waals surface area contributed by atoms with Crippen LogP contribution in [0.5, 0.6) is 0 Å². The van der Waals surface area contributed by atoms with E-state index in [1.165, 1.54) is 0 Å². The van der Waals surface area contributed by atoms with Crippen LogP contribution in [0.15, 0.2) is 88.6 Å². The molecule has 0 unspecified atom stereocenters. The first kappa shape index (κ1) is 58.1. The van der Waals surface area contributed by atoms with Crippen molar-refractivity contribution < 1.29 is 84.6 Å². The number of carboxylic acids is 7. The van der Waals surface area contributed by atoms with Crippen LogP contribution in [-0.4, -0.2) is 113 Å². The summed E-state index contributed by atoms with van der Waals surface area (Å²) in [4.78, 5) is 64.8. The largest absolute Gasteiger partial charge is 0.478 e. The summed E-state index contributed by atoms with van der Waals surface area (Å²) >= 11 is 0. The molecule has 0 bridgehead atoms. The van der Waals surface area contributed by atoms with E-state index in [0.717, 1.165) is 42.5 Å². The van der Waals surface area contributed by atoms with Crippen molar-refractivity contribution in [1.82, 2.24) is 0 Å². The first-order valence-electron chi connectivity index (χ1n) is 10.9. The summed E-state index contributed by atoms with van der Waals surface area (Å²) in [5.41, 5.74) is -0.667. The van der Waals surface area contributed by atoms with Gasteiger partial charge >= 0.3 is 41.8 Å². The second-order valence-electron chi connectivity index (χ2n) is 6.12. The maximum Gasteiger partial charge on any atom is 0.327 e. The zero-order valence-corrected chi connectivity index (χ0v) is 24.1. The fourth-order valence-electron chi connectivity index (χ4n) is 0.485. The normalized spacial score (nSPS) is 7.55. The molecule has 0 radical (unpaired) electrons. The summed E-state index contributed by atoms with van der Waals surface area (Å²) in [6.45, 7) is 22.1. The van der Waals surface area contributed by atoms with Crippen molar-refractivity contribution >= 4 is 41.8 Å². The van der Waals surface area contributed by atoms with Crippen molar-refractivity contribution in [3.63, 3.8) is 0 Å². The van der Waals surface area contributed by atoms with Crippen LogP contribution in [0.1, 0.15) is 13.3 Å². The average Bonchev–Trinajstić information content (AvgIpc) is 3.00. The third kappa shape index (κ3) is 110. The number of carbonyl (C=O) groups is 7. The smallest absolute Gasteiger partial charge is 0.327 e. The van der Waals surface area contributed by atoms with Gasteiger partial charge in [-0.15, -0.1) is 0 Å². The highest BCUT2D eigenvalue weighted by Crippen LogP contribution is 2.18. The molecule has 44 heavy (non-hydrogen) atoms. The zero-order chi connectivity index (χ0) is 37.3. The maximum atomic E-state index is 9.25. The van der Waals surface area contributed by atoms with Gasteiger partial charge in [0.2, 0.25) is 0 Å². The van der Waals surface area contributed by atoms with Crippen LogP contribution in [-0.2, 0) is 33.6 Å². The molecule has 0 aliphatic carbocycles. The van der Waals surface area contributed by atoms with E-state index < -0.39 is 47.2 Å². The molecule has 0 aliphatic rings. The van der Waals surface area contributed by atoms with E-state index in [0.29, 0.717) is 6.42 Å². The van der Waals surface area contributed by atoms with Gasteiger partial charge in [-0.3, -0.25) is 0 Å². The number of carboxylic acid groups (broad SMARTS) is 7. The molecule has 0 aliphatic heterocycles. The lowest BCUT2D eigenvalue weighted by molar-refractivity contribution is -0.132. The minimum absolute atomic E-state index is 0.156. The Hall–Kier alpha value is -5.65. The molecule has 0 aromatic rings. The zero-order valence-electron chi connectivity index (χ0n) is 24.1. The molecule has 252 valence electrons. The molecule has 0 rings (SSSR count). The highest BCUT2D eigenvalue weighted by atomic mass is 16.4. The molecule has 17 heteroatoms. The monoisotopic (exact) mass is 638 g/mol. The number of aliphatic hydroxyl groups excluding tert-OH is 3. The summed E-state index contributed by atoms with van der Waals surface area (Å²) in [6, 6.07) is 0. The Bertz CT molecular complexity index is 704. The molecule has 17 nitrogen and oxygen atoms in total. The van der Waals surface area contributed by atoms with E-state index in [2.05, 4.69) is 46.1 Å². The molecule has 0 aromatic heterocycles. The third-order valence-electron chi connectivity index (χ3n) is 2.98. The van der Waals surface area contributed by atoms with Crippen molar-refractivity contribution in [1.29, 1.82) is 0 Å². The van der Waals surface area contributed by atoms with Crippen LogP contribution in [0.25, 0.3) is 0 Å². The van der Waals surface area contributed by atoms with E-state index in [1.807, 2.05) is 6.92 Å². The van der Waals surface area contributed by atoms with Crippen LogP contribution in [0.3, 0.4) is 0 Å². The molecule has 0 spiro atoms. The Labute approximate surface area is 254 Å². The van der Waals surface area contributed by atoms with Gasteiger partial charge in [0.25, 0.3) is 0 Å². The molecule has 0 atom stereocenters. The van der Waals surface area contributed by atoms with Gasteiger partial charge in [-0.05, 0) is 6.42 Å². The van der Waals surface area contributed by atoms with Gasteiger partial charge in [0.05, 0.1) is 19.8 Å². The van der Waals surface area contributed by atoms with Gasteiger partial charge in [-0.1, -0.05) is 53.0 Å². The third-order valence-corrected chi connectivity index (χ3v) is 2.98. The first-order chi connectivity index (χ1) is 20.1. The van der Waals surface area contributed by atoms with Gasteiger partial charge in [-0.25, -0.2) is 33.6 Å². The highest BCUT2D eigenvalue weighted by molar-refractivity contribution is 5.80. The van der Waals surface area contributed by atoms with Crippen LogP contribution in [0.2, 0.25) is 0 Å². The van der Waals surface area contributed by atoms with Crippen molar-refractivity contribution in [3.05, 3.63) is 88.6 Å². The molecular formula is C27H42O17. The summed E-state index contributed by atoms with van der Waals surface area (Å²) in [7, 11) is 0. The molecule has 0 saturated heterocycles. The van der Waals surface area contributed by atoms with E-state index in [9.17, 15) is 33.6 Å². The van der Waals surface area contributed by atoms with E-state index in [1.54, 1.807) is 0 Å². The number of aliphatic carboxylic acids is 7. The molecule has 10 N–H and O–H groups in total. The Morgan fingerprint density at radius 2 is 0.500 bits per heavy atom. The Morgan fingerprint density at radius 1 is 0.409 bits per heavy atom. The standard InChI is InChI=1S/C6H14O3.7C3H4O2/c1-2-6(3-7,4-8)5-9;7*1-2-3(4)5/h7-9H,2-5H2,1H3;7*2H,1H2,(H,4,5). The SMILES string of the molecule is C=CC(=O)O.C=CC(=O)O.C=CC(=O)O.C=CC(=O)O.C=CC(=O)O.C=CC(=O)O.C=CC(=O)O.CCC(CO)(CO)CO. The summed E-state index contributed by atoms with van der Waals surface area (Å²) in [6.07, 6.45) is 6.43. The van der Waals surface area contributed by atoms with E-state index in [-0.39, 0.29) is 19.8 Å². The summed E-state index contributed by atoms with van der Waals surface area (Å²) in [5, 5.41) is 79.2. The Kier molecular flexibility index (Phi) is 62.2. The number of rotatable bonds is 11. The van der Waals surface area contributed by atoms with Gasteiger partial charge in [0.15, 0.2) is 0 Å². The number of hydrogen-bond acceptors (Lipinski definition) is 10. The Morgan fingerprint density at radius 3 is 0.500 bits per heavy atom. The van der Waals surface area contributed by atoms with E-state index >= 15 is 0 Å². The second kappa shape index (κ2) is 47.2. The fourth-order valence-corrected chi connectivity index (χ4v) is 0.485. The van der Waals surface area contributed by atoms with E-state index in [4.69, 9.17) is 51.1 Å². The number of aliphatic hydroxyl groups is 3. The van der Waals surface area contributed by atoms with Crippen LogP contribution < -0.4 is 0 Å². The van der Waals surface area contributed by atoms with Crippen molar-refractivity contribution in [2.45, 2.75) is 13.3 Å². The fraction of sp³-hybridized carbons (Fsp3) is 0.222. The van der Waals surface area contributed by atoms with Gasteiger partial charge < -0.3 is 51.1 Å². The highest BCUT2D eigenvalue weighted by Gasteiger charge is 2.24. The quantitative estimate of drug-likeness (QED) is 0.142. The van der Waals surface area contributed by atoms with Crippen molar-refractivity contribution in [2.75, 3.05) is 19.8 Å². The Balaban J connectivity index is -0.0000000568. The molecule has 0 fully saturated rings. The maximum absolute atomic E-state index is 9.25. The van der Waals surface area contributed by atoms with Gasteiger partial charge in [0, 0.05) is 47.9 Å². The van der Waals surface area contributed by atoms with Crippen LogP contribution in [0.4, 0.5) is 0 Å². The minimum Gasteiger partial charge on any atom is -0.478 e. The lowest BCUT2D eigenvalue weighted by atomic mass is 9.88. The van der Waals surface area contributed by atoms with Crippen molar-refractivity contribution in [2.24, 2.45) is 5.41 Å². The second-order valence-corrected chi connectivity index (χ2v) is 6.12. The molecule has 0 saturated carbocycles. The van der Waals surface area contributed by atoms with Crippen molar-refractivity contribution in [3.8, 4) is 0 Å². The van der Waals surface area contributed by atoms with Gasteiger partial charge in [0.1, 0.15) is 0 Å². The summed E-state index contributed by atoms with van der Waals surface area (Å²) < 4.78 is 0. The lowest BCUT2D eigenvalue weighted by Gasteiger charge is -2.24.